The van der Waals surface area contributed by atoms with E-state index in [9.17, 15) is 4.79 Å². The Morgan fingerprint density at radius 2 is 1.93 bits per heavy atom. The molecular weight excluding hydrogens is 191 g/mol. The van der Waals surface area contributed by atoms with Crippen LogP contribution >= 0.6 is 8.58 Å². The molecule has 0 aromatic heterocycles. The number of carbonyl (C=O) groups is 1. The second-order valence-corrected chi connectivity index (χ2v) is 4.49. The van der Waals surface area contributed by atoms with E-state index in [1.807, 2.05) is 36.4 Å². The molecule has 0 aliphatic heterocycles. The summed E-state index contributed by atoms with van der Waals surface area (Å²) >= 11 is 0. The van der Waals surface area contributed by atoms with Crippen LogP contribution in [0.15, 0.2) is 53.9 Å². The lowest BCUT2D eigenvalue weighted by molar-refractivity contribution is -0.114. The lowest BCUT2D eigenvalue weighted by Crippen LogP contribution is -2.03. The van der Waals surface area contributed by atoms with Gasteiger partial charge in [-0.2, -0.15) is 0 Å². The Bertz CT molecular complexity index is 390. The summed E-state index contributed by atoms with van der Waals surface area (Å²) in [6.45, 7) is 0. The number of benzene rings is 1. The SMILES string of the molecule is O=C1CC=CC=C1Pc1ccccc1. The topological polar surface area (TPSA) is 17.1 Å². The number of rotatable bonds is 2. The Kier molecular flexibility index (Phi) is 2.90. The number of carbonyl (C=O) groups excluding carboxylic acids is 1. The number of Topliss-reactive ketones (excluding diaryl/α,β-unsaturated/α-hetero) is 1. The molecule has 1 unspecified atom stereocenters. The van der Waals surface area contributed by atoms with E-state index in [1.165, 1.54) is 5.30 Å². The first-order chi connectivity index (χ1) is 6.86. The van der Waals surface area contributed by atoms with Crippen LogP contribution in [0.4, 0.5) is 0 Å². The summed E-state index contributed by atoms with van der Waals surface area (Å²) in [5.74, 6) is 0.259. The highest BCUT2D eigenvalue weighted by atomic mass is 31.1. The van der Waals surface area contributed by atoms with Crippen molar-refractivity contribution in [1.82, 2.24) is 0 Å². The van der Waals surface area contributed by atoms with Crippen LogP contribution in [-0.4, -0.2) is 5.78 Å². The van der Waals surface area contributed by atoms with E-state index >= 15 is 0 Å². The normalized spacial score (nSPS) is 16.3. The fourth-order valence-electron chi connectivity index (χ4n) is 1.33. The van der Waals surface area contributed by atoms with Gasteiger partial charge >= 0.3 is 0 Å². The molecule has 14 heavy (non-hydrogen) atoms. The fourth-order valence-corrected chi connectivity index (χ4v) is 2.42. The second-order valence-electron chi connectivity index (χ2n) is 3.13. The number of hydrogen-bond donors (Lipinski definition) is 0. The van der Waals surface area contributed by atoms with Crippen molar-refractivity contribution in [3.63, 3.8) is 0 Å². The largest absolute Gasteiger partial charge is 0.294 e. The summed E-state index contributed by atoms with van der Waals surface area (Å²) in [7, 11) is 0.494. The zero-order chi connectivity index (χ0) is 9.80. The van der Waals surface area contributed by atoms with Crippen LogP contribution in [0.25, 0.3) is 0 Å². The summed E-state index contributed by atoms with van der Waals surface area (Å²) in [5.41, 5.74) is 0. The van der Waals surface area contributed by atoms with Crippen molar-refractivity contribution in [2.45, 2.75) is 6.42 Å². The average Bonchev–Trinajstić information content (AvgIpc) is 2.23. The van der Waals surface area contributed by atoms with Crippen molar-refractivity contribution < 1.29 is 4.79 Å². The highest BCUT2D eigenvalue weighted by Gasteiger charge is 2.10. The van der Waals surface area contributed by atoms with Gasteiger partial charge in [-0.3, -0.25) is 4.79 Å². The number of allylic oxidation sites excluding steroid dienone is 4. The predicted molar refractivity (Wildman–Crippen MR) is 61.2 cm³/mol. The molecule has 0 amide bonds. The van der Waals surface area contributed by atoms with Gasteiger partial charge in [0.1, 0.15) is 0 Å². The predicted octanol–water partition coefficient (Wildman–Crippen LogP) is 2.40. The van der Waals surface area contributed by atoms with E-state index < -0.39 is 0 Å². The second kappa shape index (κ2) is 4.34. The first kappa shape index (κ1) is 9.36. The van der Waals surface area contributed by atoms with Crippen molar-refractivity contribution >= 4 is 19.7 Å². The third-order valence-corrected chi connectivity index (χ3v) is 3.39. The molecule has 1 nitrogen and oxygen atoms in total. The molecule has 0 radical (unpaired) electrons. The molecule has 70 valence electrons. The van der Waals surface area contributed by atoms with Crippen molar-refractivity contribution in [3.05, 3.63) is 53.9 Å². The van der Waals surface area contributed by atoms with Gasteiger partial charge in [-0.25, -0.2) is 0 Å². The van der Waals surface area contributed by atoms with Crippen LogP contribution in [0.5, 0.6) is 0 Å². The van der Waals surface area contributed by atoms with Crippen molar-refractivity contribution in [2.24, 2.45) is 0 Å². The van der Waals surface area contributed by atoms with Crippen LogP contribution in [-0.2, 0) is 4.79 Å². The summed E-state index contributed by atoms with van der Waals surface area (Å²) in [6, 6.07) is 10.1. The Morgan fingerprint density at radius 3 is 2.64 bits per heavy atom. The monoisotopic (exact) mass is 202 g/mol. The Morgan fingerprint density at radius 1 is 1.14 bits per heavy atom. The molecule has 1 aliphatic carbocycles. The maximum Gasteiger partial charge on any atom is 0.167 e. The molecule has 1 atom stereocenters. The van der Waals surface area contributed by atoms with Gasteiger partial charge in [0.25, 0.3) is 0 Å². The third kappa shape index (κ3) is 2.18. The molecule has 0 saturated carbocycles. The molecule has 1 aromatic rings. The van der Waals surface area contributed by atoms with E-state index in [0.717, 1.165) is 5.31 Å². The lowest BCUT2D eigenvalue weighted by atomic mass is 10.2. The molecule has 0 spiro atoms. The minimum atomic E-state index is 0.259. The molecule has 0 bridgehead atoms. The molecule has 2 heteroatoms. The zero-order valence-corrected chi connectivity index (χ0v) is 8.73. The van der Waals surface area contributed by atoms with Gasteiger partial charge in [0, 0.05) is 11.7 Å². The molecule has 1 aromatic carbocycles. The van der Waals surface area contributed by atoms with Gasteiger partial charge in [0.05, 0.1) is 0 Å². The zero-order valence-electron chi connectivity index (χ0n) is 7.73. The fraction of sp³-hybridized carbons (Fsp3) is 0.0833. The standard InChI is InChI=1S/C12H11OP/c13-11-8-4-5-9-12(11)14-10-6-2-1-3-7-10/h1-7,9,14H,8H2. The first-order valence-corrected chi connectivity index (χ1v) is 5.58. The molecular formula is C12H11OP. The molecule has 1 aliphatic rings. The van der Waals surface area contributed by atoms with Gasteiger partial charge in [-0.1, -0.05) is 57.1 Å². The molecule has 0 saturated heterocycles. The van der Waals surface area contributed by atoms with Gasteiger partial charge in [0.15, 0.2) is 5.78 Å². The summed E-state index contributed by atoms with van der Waals surface area (Å²) in [5, 5.41) is 2.17. The third-order valence-electron chi connectivity index (χ3n) is 2.06. The highest BCUT2D eigenvalue weighted by molar-refractivity contribution is 7.53. The van der Waals surface area contributed by atoms with Crippen molar-refractivity contribution in [3.8, 4) is 0 Å². The Balaban J connectivity index is 2.15. The highest BCUT2D eigenvalue weighted by Crippen LogP contribution is 2.26. The number of ketones is 1. The molecule has 2 rings (SSSR count). The maximum absolute atomic E-state index is 11.5. The number of hydrogen-bond acceptors (Lipinski definition) is 1. The van der Waals surface area contributed by atoms with E-state index in [0.29, 0.717) is 15.0 Å². The lowest BCUT2D eigenvalue weighted by Gasteiger charge is -2.07. The Hall–Kier alpha value is -1.20. The van der Waals surface area contributed by atoms with Gasteiger partial charge in [-0.15, -0.1) is 0 Å². The van der Waals surface area contributed by atoms with Crippen molar-refractivity contribution in [2.75, 3.05) is 0 Å². The van der Waals surface area contributed by atoms with E-state index in [2.05, 4.69) is 12.1 Å². The van der Waals surface area contributed by atoms with Crippen LogP contribution in [0.3, 0.4) is 0 Å². The van der Waals surface area contributed by atoms with Gasteiger partial charge < -0.3 is 0 Å². The summed E-state index contributed by atoms with van der Waals surface area (Å²) in [4.78, 5) is 11.5. The maximum atomic E-state index is 11.5. The van der Waals surface area contributed by atoms with Gasteiger partial charge in [0.2, 0.25) is 0 Å². The van der Waals surface area contributed by atoms with Crippen LogP contribution in [0.2, 0.25) is 0 Å². The van der Waals surface area contributed by atoms with E-state index in [1.54, 1.807) is 0 Å². The first-order valence-electron chi connectivity index (χ1n) is 4.58. The van der Waals surface area contributed by atoms with E-state index in [-0.39, 0.29) is 5.78 Å². The molecule has 0 N–H and O–H groups in total. The van der Waals surface area contributed by atoms with Crippen LogP contribution in [0.1, 0.15) is 6.42 Å². The average molecular weight is 202 g/mol. The van der Waals surface area contributed by atoms with Crippen molar-refractivity contribution in [1.29, 1.82) is 0 Å². The van der Waals surface area contributed by atoms with Gasteiger partial charge in [-0.05, 0) is 5.30 Å². The smallest absolute Gasteiger partial charge is 0.167 e. The minimum Gasteiger partial charge on any atom is -0.294 e. The molecule has 0 heterocycles. The van der Waals surface area contributed by atoms with Crippen LogP contribution < -0.4 is 5.30 Å². The summed E-state index contributed by atoms with van der Waals surface area (Å²) < 4.78 is 0. The quantitative estimate of drug-likeness (QED) is 0.673. The Labute approximate surface area is 85.3 Å². The van der Waals surface area contributed by atoms with E-state index in [4.69, 9.17) is 0 Å². The van der Waals surface area contributed by atoms with Crippen LogP contribution in [0, 0.1) is 0 Å². The minimum absolute atomic E-state index is 0.259. The summed E-state index contributed by atoms with van der Waals surface area (Å²) in [6.07, 6.45) is 6.36. The molecule has 0 fully saturated rings.